The zero-order valence-corrected chi connectivity index (χ0v) is 14.3. The fraction of sp³-hybridized carbons (Fsp3) is 0.462. The van der Waals surface area contributed by atoms with E-state index in [0.29, 0.717) is 10.2 Å². The number of hydrogen-bond donors (Lipinski definition) is 2. The van der Waals surface area contributed by atoms with Gasteiger partial charge in [-0.3, -0.25) is 4.79 Å². The maximum atomic E-state index is 11.7. The molecular weight excluding hydrogens is 360 g/mol. The maximum absolute atomic E-state index is 11.7. The first-order chi connectivity index (χ1) is 9.74. The summed E-state index contributed by atoms with van der Waals surface area (Å²) >= 11 is 3.19. The van der Waals surface area contributed by atoms with Crippen LogP contribution in [-0.2, 0) is 14.8 Å². The van der Waals surface area contributed by atoms with Gasteiger partial charge in [0.1, 0.15) is 5.75 Å². The number of halogens is 1. The lowest BCUT2D eigenvalue weighted by molar-refractivity contribution is -0.123. The summed E-state index contributed by atoms with van der Waals surface area (Å²) in [6.07, 6.45) is 1.89. The van der Waals surface area contributed by atoms with E-state index in [9.17, 15) is 13.2 Å². The van der Waals surface area contributed by atoms with Gasteiger partial charge in [-0.2, -0.15) is 0 Å². The molecule has 0 aliphatic heterocycles. The average Bonchev–Trinajstić information content (AvgIpc) is 2.36. The molecule has 21 heavy (non-hydrogen) atoms. The summed E-state index contributed by atoms with van der Waals surface area (Å²) in [5.41, 5.74) is 0. The van der Waals surface area contributed by atoms with Crippen LogP contribution in [-0.4, -0.2) is 27.0 Å². The smallest absolute Gasteiger partial charge is 0.258 e. The van der Waals surface area contributed by atoms with Crippen LogP contribution in [0.4, 0.5) is 0 Å². The minimum atomic E-state index is -3.76. The van der Waals surface area contributed by atoms with Crippen LogP contribution in [0.15, 0.2) is 27.6 Å². The first-order valence-corrected chi connectivity index (χ1v) is 8.82. The number of rotatable bonds is 7. The third-order valence-corrected chi connectivity index (χ3v) is 4.25. The van der Waals surface area contributed by atoms with Gasteiger partial charge in [-0.05, 0) is 47.5 Å². The largest absolute Gasteiger partial charge is 0.483 e. The summed E-state index contributed by atoms with van der Waals surface area (Å²) in [5, 5.41) is 7.84. The summed E-state index contributed by atoms with van der Waals surface area (Å²) in [4.78, 5) is 11.6. The number of amides is 1. The molecule has 0 bridgehead atoms. The van der Waals surface area contributed by atoms with Gasteiger partial charge in [0.05, 0.1) is 9.37 Å². The maximum Gasteiger partial charge on any atom is 0.258 e. The normalized spacial score (nSPS) is 12.8. The van der Waals surface area contributed by atoms with E-state index in [1.807, 2.05) is 13.8 Å². The molecule has 0 spiro atoms. The summed E-state index contributed by atoms with van der Waals surface area (Å²) in [6.45, 7) is 3.84. The Bertz CT molecular complexity index is 604. The summed E-state index contributed by atoms with van der Waals surface area (Å²) in [7, 11) is -3.76. The molecule has 0 aromatic heterocycles. The monoisotopic (exact) mass is 378 g/mol. The van der Waals surface area contributed by atoms with Crippen LogP contribution in [0.25, 0.3) is 0 Å². The molecule has 1 rings (SSSR count). The van der Waals surface area contributed by atoms with Crippen molar-refractivity contribution in [1.82, 2.24) is 5.32 Å². The van der Waals surface area contributed by atoms with Crippen LogP contribution >= 0.6 is 15.9 Å². The minimum Gasteiger partial charge on any atom is -0.483 e. The first kappa shape index (κ1) is 17.9. The number of hydrogen-bond acceptors (Lipinski definition) is 4. The SMILES string of the molecule is CCCC(C)NC(=O)COc1ccc(S(N)(=O)=O)cc1Br. The number of benzene rings is 1. The van der Waals surface area contributed by atoms with Crippen molar-refractivity contribution in [3.8, 4) is 5.75 Å². The molecule has 1 aromatic carbocycles. The van der Waals surface area contributed by atoms with Gasteiger partial charge in [0.25, 0.3) is 5.91 Å². The van der Waals surface area contributed by atoms with Crippen molar-refractivity contribution >= 4 is 31.9 Å². The number of nitrogens with one attached hydrogen (secondary N) is 1. The first-order valence-electron chi connectivity index (χ1n) is 6.48. The summed E-state index contributed by atoms with van der Waals surface area (Å²) < 4.78 is 28.2. The van der Waals surface area contributed by atoms with Gasteiger partial charge in [0, 0.05) is 6.04 Å². The van der Waals surface area contributed by atoms with Crippen LogP contribution in [0.3, 0.4) is 0 Å². The standard InChI is InChI=1S/C13H19BrN2O4S/c1-3-4-9(2)16-13(17)8-20-12-6-5-10(7-11(12)14)21(15,18)19/h5-7,9H,3-4,8H2,1-2H3,(H,16,17)(H2,15,18,19). The molecule has 0 aliphatic rings. The number of carbonyl (C=O) groups is 1. The van der Waals surface area contributed by atoms with Crippen LogP contribution < -0.4 is 15.2 Å². The highest BCUT2D eigenvalue weighted by atomic mass is 79.9. The molecule has 1 aromatic rings. The Labute approximate surface area is 133 Å². The molecule has 1 atom stereocenters. The Balaban J connectivity index is 2.62. The predicted molar refractivity (Wildman–Crippen MR) is 83.5 cm³/mol. The van der Waals surface area contributed by atoms with Crippen molar-refractivity contribution in [3.05, 3.63) is 22.7 Å². The quantitative estimate of drug-likeness (QED) is 0.755. The van der Waals surface area contributed by atoms with Crippen molar-refractivity contribution < 1.29 is 17.9 Å². The summed E-state index contributed by atoms with van der Waals surface area (Å²) in [6, 6.07) is 4.21. The molecule has 3 N–H and O–H groups in total. The van der Waals surface area contributed by atoms with Crippen LogP contribution in [0.2, 0.25) is 0 Å². The van der Waals surface area contributed by atoms with E-state index in [-0.39, 0.29) is 23.5 Å². The number of primary sulfonamides is 1. The topological polar surface area (TPSA) is 98.5 Å². The Morgan fingerprint density at radius 1 is 1.48 bits per heavy atom. The molecule has 0 radical (unpaired) electrons. The van der Waals surface area contributed by atoms with E-state index < -0.39 is 10.0 Å². The lowest BCUT2D eigenvalue weighted by Gasteiger charge is -2.14. The Kier molecular flexibility index (Phi) is 6.63. The lowest BCUT2D eigenvalue weighted by atomic mass is 10.2. The highest BCUT2D eigenvalue weighted by Gasteiger charge is 2.12. The van der Waals surface area contributed by atoms with Gasteiger partial charge in [-0.25, -0.2) is 13.6 Å². The number of nitrogens with two attached hydrogens (primary N) is 1. The van der Waals surface area contributed by atoms with Gasteiger partial charge in [-0.15, -0.1) is 0 Å². The van der Waals surface area contributed by atoms with E-state index in [0.717, 1.165) is 12.8 Å². The van der Waals surface area contributed by atoms with Crippen LogP contribution in [0.5, 0.6) is 5.75 Å². The third-order valence-electron chi connectivity index (χ3n) is 2.72. The molecule has 0 saturated heterocycles. The zero-order valence-electron chi connectivity index (χ0n) is 11.9. The molecule has 8 heteroatoms. The lowest BCUT2D eigenvalue weighted by Crippen LogP contribution is -2.35. The zero-order chi connectivity index (χ0) is 16.0. The molecular formula is C13H19BrN2O4S. The molecule has 1 unspecified atom stereocenters. The molecule has 0 heterocycles. The van der Waals surface area contributed by atoms with Crippen molar-refractivity contribution in [1.29, 1.82) is 0 Å². The van der Waals surface area contributed by atoms with E-state index in [1.54, 1.807) is 0 Å². The predicted octanol–water partition coefficient (Wildman–Crippen LogP) is 1.78. The van der Waals surface area contributed by atoms with E-state index >= 15 is 0 Å². The minimum absolute atomic E-state index is 0.0252. The highest BCUT2D eigenvalue weighted by molar-refractivity contribution is 9.10. The van der Waals surface area contributed by atoms with E-state index in [1.165, 1.54) is 18.2 Å². The number of sulfonamides is 1. The van der Waals surface area contributed by atoms with Crippen molar-refractivity contribution in [2.24, 2.45) is 5.14 Å². The third kappa shape index (κ3) is 6.03. The molecule has 0 aliphatic carbocycles. The van der Waals surface area contributed by atoms with Crippen LogP contribution in [0, 0.1) is 0 Å². The van der Waals surface area contributed by atoms with Crippen molar-refractivity contribution in [2.75, 3.05) is 6.61 Å². The Morgan fingerprint density at radius 2 is 2.14 bits per heavy atom. The van der Waals surface area contributed by atoms with Gasteiger partial charge in [0.2, 0.25) is 10.0 Å². The Morgan fingerprint density at radius 3 is 2.67 bits per heavy atom. The van der Waals surface area contributed by atoms with Crippen molar-refractivity contribution in [3.63, 3.8) is 0 Å². The van der Waals surface area contributed by atoms with E-state index in [4.69, 9.17) is 9.88 Å². The molecule has 0 fully saturated rings. The average molecular weight is 379 g/mol. The second-order valence-corrected chi connectivity index (χ2v) is 7.10. The second kappa shape index (κ2) is 7.77. The molecule has 0 saturated carbocycles. The molecule has 1 amide bonds. The number of carbonyl (C=O) groups excluding carboxylic acids is 1. The highest BCUT2D eigenvalue weighted by Crippen LogP contribution is 2.27. The molecule has 118 valence electrons. The fourth-order valence-electron chi connectivity index (χ4n) is 1.74. The fourth-order valence-corrected chi connectivity index (χ4v) is 2.93. The van der Waals surface area contributed by atoms with Gasteiger partial charge in [-0.1, -0.05) is 13.3 Å². The second-order valence-electron chi connectivity index (χ2n) is 4.68. The van der Waals surface area contributed by atoms with Gasteiger partial charge in [0.15, 0.2) is 6.61 Å². The van der Waals surface area contributed by atoms with Crippen LogP contribution in [0.1, 0.15) is 26.7 Å². The van der Waals surface area contributed by atoms with Gasteiger partial charge < -0.3 is 10.1 Å². The van der Waals surface area contributed by atoms with Gasteiger partial charge >= 0.3 is 0 Å². The molecule has 6 nitrogen and oxygen atoms in total. The number of ether oxygens (including phenoxy) is 1. The Hall–Kier alpha value is -1.12. The van der Waals surface area contributed by atoms with Crippen molar-refractivity contribution in [2.45, 2.75) is 37.6 Å². The van der Waals surface area contributed by atoms with E-state index in [2.05, 4.69) is 21.2 Å². The summed E-state index contributed by atoms with van der Waals surface area (Å²) in [5.74, 6) is 0.152.